The Morgan fingerprint density at radius 2 is 2.27 bits per heavy atom. The Kier molecular flexibility index (Phi) is 4.66. The zero-order chi connectivity index (χ0) is 11.4. The van der Waals surface area contributed by atoms with Gasteiger partial charge in [-0.15, -0.1) is 0 Å². The molecule has 0 heterocycles. The number of aliphatic hydroxyl groups excluding tert-OH is 1. The summed E-state index contributed by atoms with van der Waals surface area (Å²) in [6.45, 7) is 0.0423. The molecule has 2 unspecified atom stereocenters. The fourth-order valence-electron chi connectivity index (χ4n) is 0.957. The van der Waals surface area contributed by atoms with Crippen molar-refractivity contribution < 1.29 is 13.7 Å². The molecule has 0 saturated carbocycles. The summed E-state index contributed by atoms with van der Waals surface area (Å²) < 4.78 is 24.4. The molecule has 6 heteroatoms. The Morgan fingerprint density at radius 3 is 2.80 bits per heavy atom. The molecule has 0 bridgehead atoms. The van der Waals surface area contributed by atoms with Crippen molar-refractivity contribution in [3.05, 3.63) is 29.0 Å². The van der Waals surface area contributed by atoms with Crippen LogP contribution in [-0.2, 0) is 10.8 Å². The van der Waals surface area contributed by atoms with Crippen molar-refractivity contribution in [2.75, 3.05) is 12.3 Å². The van der Waals surface area contributed by atoms with Gasteiger partial charge in [-0.25, -0.2) is 4.39 Å². The Bertz CT molecular complexity index is 375. The molecule has 84 valence electrons. The van der Waals surface area contributed by atoms with Crippen molar-refractivity contribution >= 4 is 22.4 Å². The van der Waals surface area contributed by atoms with E-state index in [-0.39, 0.29) is 17.3 Å². The van der Waals surface area contributed by atoms with Gasteiger partial charge in [0.05, 0.1) is 27.7 Å². The molecule has 3 N–H and O–H groups in total. The minimum Gasteiger partial charge on any atom is -0.391 e. The summed E-state index contributed by atoms with van der Waals surface area (Å²) in [5, 5.41) is 9.11. The van der Waals surface area contributed by atoms with Crippen LogP contribution >= 0.6 is 11.6 Å². The number of halogens is 2. The van der Waals surface area contributed by atoms with Crippen molar-refractivity contribution in [1.29, 1.82) is 0 Å². The average molecular weight is 252 g/mol. The first-order chi connectivity index (χ1) is 7.04. The number of benzene rings is 1. The van der Waals surface area contributed by atoms with Gasteiger partial charge in [0.25, 0.3) is 0 Å². The van der Waals surface area contributed by atoms with Crippen LogP contribution in [0.3, 0.4) is 0 Å². The lowest BCUT2D eigenvalue weighted by molar-refractivity contribution is 0.207. The van der Waals surface area contributed by atoms with E-state index in [2.05, 4.69) is 0 Å². The molecule has 1 aromatic rings. The maximum atomic E-state index is 12.8. The summed E-state index contributed by atoms with van der Waals surface area (Å²) in [5.41, 5.74) is 5.18. The third-order valence-electron chi connectivity index (χ3n) is 1.77. The van der Waals surface area contributed by atoms with Gasteiger partial charge in [-0.1, -0.05) is 11.6 Å². The minimum absolute atomic E-state index is 0.0263. The molecule has 0 radical (unpaired) electrons. The van der Waals surface area contributed by atoms with E-state index in [9.17, 15) is 13.7 Å². The Morgan fingerprint density at radius 1 is 1.60 bits per heavy atom. The highest BCUT2D eigenvalue weighted by Gasteiger charge is 2.11. The molecule has 1 rings (SSSR count). The number of aliphatic hydroxyl groups is 1. The third-order valence-corrected chi connectivity index (χ3v) is 3.53. The standard InChI is InChI=1S/C9H11ClFNO2S/c10-8-3-7(1-2-9(8)11)15(14)5-6(13)4-12/h1-3,6,13H,4-5,12H2. The van der Waals surface area contributed by atoms with Crippen LogP contribution in [0.5, 0.6) is 0 Å². The third kappa shape index (κ3) is 3.53. The molecule has 3 nitrogen and oxygen atoms in total. The first-order valence-electron chi connectivity index (χ1n) is 4.26. The zero-order valence-corrected chi connectivity index (χ0v) is 9.39. The number of nitrogens with two attached hydrogens (primary N) is 1. The van der Waals surface area contributed by atoms with Crippen LogP contribution in [0.2, 0.25) is 5.02 Å². The van der Waals surface area contributed by atoms with Crippen LogP contribution in [0.15, 0.2) is 23.1 Å². The molecule has 0 aliphatic rings. The molecule has 0 spiro atoms. The summed E-state index contributed by atoms with van der Waals surface area (Å²) >= 11 is 5.53. The maximum absolute atomic E-state index is 12.8. The largest absolute Gasteiger partial charge is 0.391 e. The van der Waals surface area contributed by atoms with Gasteiger partial charge >= 0.3 is 0 Å². The summed E-state index contributed by atoms with van der Waals surface area (Å²) in [7, 11) is -1.41. The van der Waals surface area contributed by atoms with Crippen molar-refractivity contribution in [3.63, 3.8) is 0 Å². The monoisotopic (exact) mass is 251 g/mol. The Labute approximate surface area is 94.5 Å². The number of hydrogen-bond acceptors (Lipinski definition) is 3. The summed E-state index contributed by atoms with van der Waals surface area (Å²) in [4.78, 5) is 0.383. The topological polar surface area (TPSA) is 63.3 Å². The van der Waals surface area contributed by atoms with E-state index in [0.29, 0.717) is 4.90 Å². The smallest absolute Gasteiger partial charge is 0.141 e. The average Bonchev–Trinajstić information content (AvgIpc) is 2.21. The van der Waals surface area contributed by atoms with Gasteiger partial charge in [0.2, 0.25) is 0 Å². The van der Waals surface area contributed by atoms with E-state index in [1.807, 2.05) is 0 Å². The summed E-state index contributed by atoms with van der Waals surface area (Å²) in [6.07, 6.45) is -0.824. The molecule has 0 aromatic heterocycles. The van der Waals surface area contributed by atoms with Gasteiger partial charge in [0, 0.05) is 11.4 Å². The highest BCUT2D eigenvalue weighted by atomic mass is 35.5. The van der Waals surface area contributed by atoms with E-state index < -0.39 is 22.7 Å². The zero-order valence-electron chi connectivity index (χ0n) is 7.82. The molecular formula is C9H11ClFNO2S. The van der Waals surface area contributed by atoms with Gasteiger partial charge in [0.15, 0.2) is 0 Å². The molecule has 0 fully saturated rings. The van der Waals surface area contributed by atoms with Crippen LogP contribution in [0.1, 0.15) is 0 Å². The lowest BCUT2D eigenvalue weighted by Crippen LogP contribution is -2.26. The van der Waals surface area contributed by atoms with Crippen molar-refractivity contribution in [2.45, 2.75) is 11.0 Å². The lowest BCUT2D eigenvalue weighted by Gasteiger charge is -2.07. The quantitative estimate of drug-likeness (QED) is 0.836. The van der Waals surface area contributed by atoms with Gasteiger partial charge in [-0.05, 0) is 18.2 Å². The molecule has 0 aliphatic carbocycles. The van der Waals surface area contributed by atoms with Gasteiger partial charge in [0.1, 0.15) is 5.82 Å². The van der Waals surface area contributed by atoms with E-state index in [1.54, 1.807) is 0 Å². The first kappa shape index (κ1) is 12.6. The minimum atomic E-state index is -1.41. The molecule has 2 atom stereocenters. The second-order valence-electron chi connectivity index (χ2n) is 2.98. The molecule has 0 aliphatic heterocycles. The normalized spacial score (nSPS) is 14.9. The summed E-state index contributed by atoms with van der Waals surface area (Å²) in [6, 6.07) is 3.81. The Balaban J connectivity index is 2.78. The second kappa shape index (κ2) is 5.55. The van der Waals surface area contributed by atoms with E-state index in [0.717, 1.165) is 6.07 Å². The predicted molar refractivity (Wildman–Crippen MR) is 57.7 cm³/mol. The van der Waals surface area contributed by atoms with E-state index in [1.165, 1.54) is 12.1 Å². The van der Waals surface area contributed by atoms with E-state index >= 15 is 0 Å². The van der Waals surface area contributed by atoms with Gasteiger partial charge in [-0.3, -0.25) is 4.21 Å². The van der Waals surface area contributed by atoms with Gasteiger partial charge < -0.3 is 10.8 Å². The van der Waals surface area contributed by atoms with Crippen LogP contribution in [0.25, 0.3) is 0 Å². The Hall–Kier alpha value is -0.490. The van der Waals surface area contributed by atoms with Crippen LogP contribution in [0, 0.1) is 5.82 Å². The molecular weight excluding hydrogens is 241 g/mol. The molecule has 0 amide bonds. The fourth-order valence-corrected chi connectivity index (χ4v) is 2.35. The fraction of sp³-hybridized carbons (Fsp3) is 0.333. The van der Waals surface area contributed by atoms with Gasteiger partial charge in [-0.2, -0.15) is 0 Å². The van der Waals surface area contributed by atoms with E-state index in [4.69, 9.17) is 17.3 Å². The molecule has 1 aromatic carbocycles. The first-order valence-corrected chi connectivity index (χ1v) is 5.96. The molecule has 0 saturated heterocycles. The van der Waals surface area contributed by atoms with Crippen molar-refractivity contribution in [2.24, 2.45) is 5.73 Å². The SMILES string of the molecule is NCC(O)CS(=O)c1ccc(F)c(Cl)c1. The highest BCUT2D eigenvalue weighted by molar-refractivity contribution is 7.85. The lowest BCUT2D eigenvalue weighted by atomic mass is 10.3. The van der Waals surface area contributed by atoms with Crippen LogP contribution in [0.4, 0.5) is 4.39 Å². The highest BCUT2D eigenvalue weighted by Crippen LogP contribution is 2.18. The van der Waals surface area contributed by atoms with Crippen LogP contribution < -0.4 is 5.73 Å². The van der Waals surface area contributed by atoms with Crippen molar-refractivity contribution in [1.82, 2.24) is 0 Å². The number of rotatable bonds is 4. The van der Waals surface area contributed by atoms with Crippen molar-refractivity contribution in [3.8, 4) is 0 Å². The maximum Gasteiger partial charge on any atom is 0.141 e. The van der Waals surface area contributed by atoms with Crippen LogP contribution in [-0.4, -0.2) is 27.7 Å². The predicted octanol–water partition coefficient (Wildman–Crippen LogP) is 0.906. The second-order valence-corrected chi connectivity index (χ2v) is 4.88. The molecule has 15 heavy (non-hydrogen) atoms. The number of hydrogen-bond donors (Lipinski definition) is 2. The summed E-state index contributed by atoms with van der Waals surface area (Å²) in [5.74, 6) is -0.532.